The number of nitrogen functional groups attached to an aromatic ring is 1. The van der Waals surface area contributed by atoms with E-state index in [4.69, 9.17) is 5.73 Å². The van der Waals surface area contributed by atoms with Gasteiger partial charge in [-0.25, -0.2) is 0 Å². The Kier molecular flexibility index (Phi) is 4.77. The summed E-state index contributed by atoms with van der Waals surface area (Å²) in [6.07, 6.45) is 1.22. The van der Waals surface area contributed by atoms with Crippen LogP contribution in [0.3, 0.4) is 0 Å². The molecule has 2 aromatic carbocycles. The van der Waals surface area contributed by atoms with Crippen LogP contribution in [-0.2, 0) is 11.2 Å². The highest BCUT2D eigenvalue weighted by atomic mass is 16.1. The third kappa shape index (κ3) is 4.12. The molecule has 3 N–H and O–H groups in total. The molecule has 0 fully saturated rings. The fraction of sp³-hybridized carbons (Fsp3) is 0.235. The fourth-order valence-corrected chi connectivity index (χ4v) is 2.08. The van der Waals surface area contributed by atoms with Crippen molar-refractivity contribution in [3.8, 4) is 0 Å². The van der Waals surface area contributed by atoms with Gasteiger partial charge in [-0.15, -0.1) is 0 Å². The number of anilines is 1. The summed E-state index contributed by atoms with van der Waals surface area (Å²) in [5, 5.41) is 3.01. The van der Waals surface area contributed by atoms with Crippen LogP contribution in [0.2, 0.25) is 0 Å². The molecule has 0 bridgehead atoms. The van der Waals surface area contributed by atoms with E-state index in [-0.39, 0.29) is 11.9 Å². The van der Waals surface area contributed by atoms with E-state index in [1.54, 1.807) is 0 Å². The van der Waals surface area contributed by atoms with E-state index < -0.39 is 0 Å². The van der Waals surface area contributed by atoms with Gasteiger partial charge in [0.1, 0.15) is 0 Å². The minimum atomic E-state index is 0.0371. The number of rotatable bonds is 5. The van der Waals surface area contributed by atoms with Gasteiger partial charge < -0.3 is 11.1 Å². The Labute approximate surface area is 119 Å². The first kappa shape index (κ1) is 14.1. The molecule has 104 valence electrons. The van der Waals surface area contributed by atoms with Crippen molar-refractivity contribution in [3.63, 3.8) is 0 Å². The highest BCUT2D eigenvalue weighted by Crippen LogP contribution is 2.12. The predicted molar refractivity (Wildman–Crippen MR) is 82.2 cm³/mol. The van der Waals surface area contributed by atoms with Gasteiger partial charge in [-0.05, 0) is 36.6 Å². The molecule has 1 unspecified atom stereocenters. The van der Waals surface area contributed by atoms with Crippen LogP contribution in [0.25, 0.3) is 0 Å². The Morgan fingerprint density at radius 3 is 2.40 bits per heavy atom. The summed E-state index contributed by atoms with van der Waals surface area (Å²) in [5.74, 6) is 0.0678. The van der Waals surface area contributed by atoms with Crippen molar-refractivity contribution in [1.29, 1.82) is 0 Å². The van der Waals surface area contributed by atoms with Crippen molar-refractivity contribution in [2.45, 2.75) is 25.8 Å². The Hall–Kier alpha value is -2.29. The van der Waals surface area contributed by atoms with E-state index in [0.717, 1.165) is 23.2 Å². The topological polar surface area (TPSA) is 55.1 Å². The number of hydrogen-bond acceptors (Lipinski definition) is 2. The molecule has 0 aliphatic heterocycles. The Morgan fingerprint density at radius 2 is 1.75 bits per heavy atom. The molecule has 0 aromatic heterocycles. The number of carbonyl (C=O) groups excluding carboxylic acids is 1. The standard InChI is InChI=1S/C17H20N2O/c1-13(15-5-3-2-4-6-15)19-17(20)12-9-14-7-10-16(18)11-8-14/h2-8,10-11,13H,9,12,18H2,1H3,(H,19,20). The molecule has 0 aliphatic rings. The van der Waals surface area contributed by atoms with Crippen LogP contribution in [0, 0.1) is 0 Å². The smallest absolute Gasteiger partial charge is 0.220 e. The predicted octanol–water partition coefficient (Wildman–Crippen LogP) is 3.08. The van der Waals surface area contributed by atoms with Crippen molar-refractivity contribution in [2.75, 3.05) is 5.73 Å². The van der Waals surface area contributed by atoms with Crippen LogP contribution in [0.15, 0.2) is 54.6 Å². The Balaban J connectivity index is 1.82. The number of nitrogens with one attached hydrogen (secondary N) is 1. The average molecular weight is 268 g/mol. The number of aryl methyl sites for hydroxylation is 1. The van der Waals surface area contributed by atoms with Crippen molar-refractivity contribution >= 4 is 11.6 Å². The minimum absolute atomic E-state index is 0.0371. The van der Waals surface area contributed by atoms with Crippen LogP contribution >= 0.6 is 0 Å². The van der Waals surface area contributed by atoms with Crippen molar-refractivity contribution in [3.05, 3.63) is 65.7 Å². The molecule has 0 radical (unpaired) electrons. The van der Waals surface area contributed by atoms with Gasteiger partial charge in [0.05, 0.1) is 6.04 Å². The highest BCUT2D eigenvalue weighted by Gasteiger charge is 2.08. The molecule has 0 saturated heterocycles. The fourth-order valence-electron chi connectivity index (χ4n) is 2.08. The summed E-state index contributed by atoms with van der Waals surface area (Å²) in [6.45, 7) is 2.00. The summed E-state index contributed by atoms with van der Waals surface area (Å²) >= 11 is 0. The lowest BCUT2D eigenvalue weighted by Crippen LogP contribution is -2.26. The third-order valence-corrected chi connectivity index (χ3v) is 3.30. The molecule has 0 spiro atoms. The molecule has 1 amide bonds. The summed E-state index contributed by atoms with van der Waals surface area (Å²) in [6, 6.07) is 17.6. The molecule has 0 saturated carbocycles. The van der Waals surface area contributed by atoms with Crippen LogP contribution in [0.1, 0.15) is 30.5 Å². The summed E-state index contributed by atoms with van der Waals surface area (Å²) in [7, 11) is 0. The van der Waals surface area contributed by atoms with E-state index >= 15 is 0 Å². The van der Waals surface area contributed by atoms with Crippen LogP contribution < -0.4 is 11.1 Å². The summed E-state index contributed by atoms with van der Waals surface area (Å²) < 4.78 is 0. The minimum Gasteiger partial charge on any atom is -0.399 e. The first-order valence-electron chi connectivity index (χ1n) is 6.84. The third-order valence-electron chi connectivity index (χ3n) is 3.30. The lowest BCUT2D eigenvalue weighted by Gasteiger charge is -2.14. The first-order chi connectivity index (χ1) is 9.65. The van der Waals surface area contributed by atoms with Gasteiger partial charge in [0.15, 0.2) is 0 Å². The van der Waals surface area contributed by atoms with Gasteiger partial charge in [-0.2, -0.15) is 0 Å². The molecule has 0 aliphatic carbocycles. The maximum absolute atomic E-state index is 11.9. The van der Waals surface area contributed by atoms with Crippen molar-refractivity contribution in [2.24, 2.45) is 0 Å². The second kappa shape index (κ2) is 6.75. The maximum Gasteiger partial charge on any atom is 0.220 e. The second-order valence-corrected chi connectivity index (χ2v) is 4.94. The number of amides is 1. The zero-order valence-corrected chi connectivity index (χ0v) is 11.7. The van der Waals surface area contributed by atoms with Crippen LogP contribution in [0.5, 0.6) is 0 Å². The zero-order valence-electron chi connectivity index (χ0n) is 11.7. The number of nitrogens with two attached hydrogens (primary N) is 1. The second-order valence-electron chi connectivity index (χ2n) is 4.94. The zero-order chi connectivity index (χ0) is 14.4. The Morgan fingerprint density at radius 1 is 1.10 bits per heavy atom. The average Bonchev–Trinajstić information content (AvgIpc) is 2.47. The molecule has 2 rings (SSSR count). The number of hydrogen-bond donors (Lipinski definition) is 2. The molecular weight excluding hydrogens is 248 g/mol. The Bertz CT molecular complexity index is 549. The van der Waals surface area contributed by atoms with E-state index in [0.29, 0.717) is 6.42 Å². The molecular formula is C17H20N2O. The molecule has 3 nitrogen and oxygen atoms in total. The highest BCUT2D eigenvalue weighted by molar-refractivity contribution is 5.76. The number of benzene rings is 2. The van der Waals surface area contributed by atoms with Gasteiger partial charge in [-0.1, -0.05) is 42.5 Å². The molecule has 0 heterocycles. The molecule has 3 heteroatoms. The normalized spacial score (nSPS) is 11.8. The van der Waals surface area contributed by atoms with E-state index in [9.17, 15) is 4.79 Å². The molecule has 1 atom stereocenters. The monoisotopic (exact) mass is 268 g/mol. The lowest BCUT2D eigenvalue weighted by molar-refractivity contribution is -0.121. The van der Waals surface area contributed by atoms with Crippen LogP contribution in [0.4, 0.5) is 5.69 Å². The number of carbonyl (C=O) groups is 1. The van der Waals surface area contributed by atoms with Gasteiger partial charge >= 0.3 is 0 Å². The largest absolute Gasteiger partial charge is 0.399 e. The van der Waals surface area contributed by atoms with Gasteiger partial charge in [0.25, 0.3) is 0 Å². The van der Waals surface area contributed by atoms with Crippen molar-refractivity contribution < 1.29 is 4.79 Å². The quantitative estimate of drug-likeness (QED) is 0.819. The molecule has 2 aromatic rings. The van der Waals surface area contributed by atoms with Crippen molar-refractivity contribution in [1.82, 2.24) is 5.32 Å². The lowest BCUT2D eigenvalue weighted by atomic mass is 10.1. The first-order valence-corrected chi connectivity index (χ1v) is 6.84. The maximum atomic E-state index is 11.9. The van der Waals surface area contributed by atoms with E-state index in [2.05, 4.69) is 5.32 Å². The van der Waals surface area contributed by atoms with Gasteiger partial charge in [-0.3, -0.25) is 4.79 Å². The molecule has 20 heavy (non-hydrogen) atoms. The summed E-state index contributed by atoms with van der Waals surface area (Å²) in [5.41, 5.74) is 8.63. The summed E-state index contributed by atoms with van der Waals surface area (Å²) in [4.78, 5) is 11.9. The van der Waals surface area contributed by atoms with Crippen LogP contribution in [-0.4, -0.2) is 5.91 Å². The SMILES string of the molecule is CC(NC(=O)CCc1ccc(N)cc1)c1ccccc1. The van der Waals surface area contributed by atoms with E-state index in [1.165, 1.54) is 0 Å². The van der Waals surface area contributed by atoms with Gasteiger partial charge in [0, 0.05) is 12.1 Å². The van der Waals surface area contributed by atoms with E-state index in [1.807, 2.05) is 61.5 Å². The van der Waals surface area contributed by atoms with Gasteiger partial charge in [0.2, 0.25) is 5.91 Å².